The average molecular weight is 330 g/mol. The topological polar surface area (TPSA) is 35.5 Å². The summed E-state index contributed by atoms with van der Waals surface area (Å²) in [7, 11) is 0. The molecule has 0 amide bonds. The van der Waals surface area contributed by atoms with Crippen molar-refractivity contribution in [1.29, 1.82) is 0 Å². The number of hydrogen-bond acceptors (Lipinski definition) is 3. The second-order valence-electron chi connectivity index (χ2n) is 10.7. The maximum Gasteiger partial charge on any atom is 0.509 e. The Hall–Kier alpha value is -0.730. The molecule has 132 valence electrons. The first kappa shape index (κ1) is 14.4. The van der Waals surface area contributed by atoms with Crippen LogP contribution in [0.15, 0.2) is 0 Å². The van der Waals surface area contributed by atoms with E-state index in [-0.39, 0.29) is 17.4 Å². The van der Waals surface area contributed by atoms with E-state index < -0.39 is 0 Å². The molecule has 8 bridgehead atoms. The Morgan fingerprint density at radius 3 is 1.04 bits per heavy atom. The Bertz CT molecular complexity index is 447. The first-order valence-corrected chi connectivity index (χ1v) is 10.5. The molecule has 24 heavy (non-hydrogen) atoms. The van der Waals surface area contributed by atoms with E-state index >= 15 is 0 Å². The maximum absolute atomic E-state index is 12.8. The second kappa shape index (κ2) is 4.71. The fourth-order valence-corrected chi connectivity index (χ4v) is 8.69. The van der Waals surface area contributed by atoms with E-state index in [0.717, 1.165) is 74.0 Å². The van der Waals surface area contributed by atoms with Gasteiger partial charge in [-0.05, 0) is 113 Å². The molecule has 3 nitrogen and oxygen atoms in total. The summed E-state index contributed by atoms with van der Waals surface area (Å²) < 4.78 is 12.3. The van der Waals surface area contributed by atoms with Crippen molar-refractivity contribution in [3.63, 3.8) is 0 Å². The molecule has 0 aromatic heterocycles. The minimum atomic E-state index is -0.320. The number of ether oxygens (including phenoxy) is 2. The highest BCUT2D eigenvalue weighted by Crippen LogP contribution is 2.59. The summed E-state index contributed by atoms with van der Waals surface area (Å²) in [5, 5.41) is 0. The van der Waals surface area contributed by atoms with Crippen LogP contribution in [-0.2, 0) is 9.47 Å². The summed E-state index contributed by atoms with van der Waals surface area (Å²) in [5.74, 6) is 4.85. The maximum atomic E-state index is 12.8. The minimum absolute atomic E-state index is 0.159. The number of hydrogen-bond donors (Lipinski definition) is 0. The van der Waals surface area contributed by atoms with Crippen molar-refractivity contribution in [2.75, 3.05) is 0 Å². The van der Waals surface area contributed by atoms with Crippen molar-refractivity contribution >= 4 is 6.16 Å². The highest BCUT2D eigenvalue weighted by Gasteiger charge is 2.56. The monoisotopic (exact) mass is 330 g/mol. The summed E-state index contributed by atoms with van der Waals surface area (Å²) in [6.45, 7) is 0. The first-order chi connectivity index (χ1) is 11.6. The van der Waals surface area contributed by atoms with Crippen LogP contribution in [0, 0.1) is 35.5 Å². The second-order valence-corrected chi connectivity index (χ2v) is 10.7. The molecule has 0 spiro atoms. The Kier molecular flexibility index (Phi) is 2.83. The van der Waals surface area contributed by atoms with Crippen LogP contribution in [0.25, 0.3) is 0 Å². The van der Waals surface area contributed by atoms with Crippen molar-refractivity contribution in [3.05, 3.63) is 0 Å². The van der Waals surface area contributed by atoms with Crippen molar-refractivity contribution in [2.24, 2.45) is 35.5 Å². The lowest BCUT2D eigenvalue weighted by molar-refractivity contribution is -0.180. The molecule has 0 heterocycles. The van der Waals surface area contributed by atoms with Crippen LogP contribution in [0.2, 0.25) is 0 Å². The third-order valence-electron chi connectivity index (χ3n) is 8.56. The average Bonchev–Trinajstić information content (AvgIpc) is 2.42. The molecule has 0 atom stereocenters. The molecule has 8 aliphatic rings. The van der Waals surface area contributed by atoms with Gasteiger partial charge >= 0.3 is 6.16 Å². The number of carbonyl (C=O) groups excluding carboxylic acids is 1. The number of carbonyl (C=O) groups is 1. The van der Waals surface area contributed by atoms with Gasteiger partial charge in [-0.2, -0.15) is 0 Å². The van der Waals surface area contributed by atoms with Crippen molar-refractivity contribution in [3.8, 4) is 0 Å². The lowest BCUT2D eigenvalue weighted by atomic mass is 9.54. The summed E-state index contributed by atoms with van der Waals surface area (Å²) in [6, 6.07) is 0. The van der Waals surface area contributed by atoms with E-state index in [9.17, 15) is 4.79 Å². The molecule has 8 saturated carbocycles. The molecule has 0 aromatic rings. The SMILES string of the molecule is O=C(OC12CC3CC(CC(C3)C1)C2)OC12CC3CC(CC(C3)C1)C2. The largest absolute Gasteiger partial charge is 0.509 e. The molecule has 0 aliphatic heterocycles. The van der Waals surface area contributed by atoms with Gasteiger partial charge in [0.1, 0.15) is 11.2 Å². The van der Waals surface area contributed by atoms with Crippen LogP contribution in [-0.4, -0.2) is 17.4 Å². The highest BCUT2D eigenvalue weighted by molar-refractivity contribution is 5.61. The molecule has 0 unspecified atom stereocenters. The first-order valence-electron chi connectivity index (χ1n) is 10.5. The van der Waals surface area contributed by atoms with Gasteiger partial charge in [-0.1, -0.05) is 0 Å². The molecule has 8 fully saturated rings. The van der Waals surface area contributed by atoms with E-state index in [1.165, 1.54) is 38.5 Å². The molecular formula is C21H30O3. The molecule has 0 radical (unpaired) electrons. The van der Waals surface area contributed by atoms with Gasteiger partial charge in [-0.25, -0.2) is 4.79 Å². The lowest BCUT2D eigenvalue weighted by Gasteiger charge is -2.57. The zero-order valence-corrected chi connectivity index (χ0v) is 14.7. The Morgan fingerprint density at radius 1 is 0.542 bits per heavy atom. The van der Waals surface area contributed by atoms with Gasteiger partial charge in [-0.15, -0.1) is 0 Å². The Labute approximate surface area is 144 Å². The molecule has 0 saturated heterocycles. The van der Waals surface area contributed by atoms with E-state index in [1.807, 2.05) is 0 Å². The lowest BCUT2D eigenvalue weighted by Crippen LogP contribution is -2.55. The third kappa shape index (κ3) is 2.18. The predicted octanol–water partition coefficient (Wildman–Crippen LogP) is 5.08. The summed E-state index contributed by atoms with van der Waals surface area (Å²) in [4.78, 5) is 12.8. The standard InChI is InChI=1S/C21H30O3/c22-19(23-20-7-13-1-14(8-20)3-15(2-13)9-20)24-21-10-16-4-17(11-21)6-18(5-16)12-21/h13-18H,1-12H2. The number of rotatable bonds is 2. The van der Waals surface area contributed by atoms with Gasteiger partial charge in [0.2, 0.25) is 0 Å². The molecule has 3 heteroatoms. The zero-order chi connectivity index (χ0) is 15.9. The van der Waals surface area contributed by atoms with Crippen LogP contribution >= 0.6 is 0 Å². The Morgan fingerprint density at radius 2 is 0.792 bits per heavy atom. The van der Waals surface area contributed by atoms with Crippen molar-refractivity contribution in [1.82, 2.24) is 0 Å². The minimum Gasteiger partial charge on any atom is -0.428 e. The third-order valence-corrected chi connectivity index (χ3v) is 8.56. The van der Waals surface area contributed by atoms with Gasteiger partial charge in [-0.3, -0.25) is 0 Å². The van der Waals surface area contributed by atoms with Crippen molar-refractivity contribution in [2.45, 2.75) is 88.3 Å². The van der Waals surface area contributed by atoms with E-state index in [2.05, 4.69) is 0 Å². The summed E-state index contributed by atoms with van der Waals surface area (Å²) in [6.07, 6.45) is 14.6. The van der Waals surface area contributed by atoms with Gasteiger partial charge < -0.3 is 9.47 Å². The molecule has 0 aromatic carbocycles. The molecule has 8 rings (SSSR count). The smallest absolute Gasteiger partial charge is 0.428 e. The summed E-state index contributed by atoms with van der Waals surface area (Å²) in [5.41, 5.74) is -0.317. The van der Waals surface area contributed by atoms with Crippen molar-refractivity contribution < 1.29 is 14.3 Å². The molecule has 8 aliphatic carbocycles. The van der Waals surface area contributed by atoms with E-state index in [0.29, 0.717) is 0 Å². The van der Waals surface area contributed by atoms with Crippen LogP contribution in [0.4, 0.5) is 4.79 Å². The van der Waals surface area contributed by atoms with Gasteiger partial charge in [0.25, 0.3) is 0 Å². The van der Waals surface area contributed by atoms with E-state index in [1.54, 1.807) is 0 Å². The normalized spacial score (nSPS) is 56.5. The van der Waals surface area contributed by atoms with Crippen LogP contribution in [0.5, 0.6) is 0 Å². The fourth-order valence-electron chi connectivity index (χ4n) is 8.69. The van der Waals surface area contributed by atoms with Gasteiger partial charge in [0, 0.05) is 0 Å². The van der Waals surface area contributed by atoms with Gasteiger partial charge in [0.15, 0.2) is 0 Å². The molecular weight excluding hydrogens is 300 g/mol. The van der Waals surface area contributed by atoms with Gasteiger partial charge in [0.05, 0.1) is 0 Å². The quantitative estimate of drug-likeness (QED) is 0.663. The Balaban J connectivity index is 1.17. The van der Waals surface area contributed by atoms with Crippen LogP contribution in [0.1, 0.15) is 77.0 Å². The highest BCUT2D eigenvalue weighted by atomic mass is 16.7. The van der Waals surface area contributed by atoms with E-state index in [4.69, 9.17) is 9.47 Å². The van der Waals surface area contributed by atoms with Crippen LogP contribution < -0.4 is 0 Å². The fraction of sp³-hybridized carbons (Fsp3) is 0.952. The van der Waals surface area contributed by atoms with Crippen LogP contribution in [0.3, 0.4) is 0 Å². The summed E-state index contributed by atoms with van der Waals surface area (Å²) >= 11 is 0. The predicted molar refractivity (Wildman–Crippen MR) is 89.4 cm³/mol. The molecule has 0 N–H and O–H groups in total. The zero-order valence-electron chi connectivity index (χ0n) is 14.7.